The van der Waals surface area contributed by atoms with Crippen LogP contribution < -0.4 is 25.7 Å². The van der Waals surface area contributed by atoms with Crippen LogP contribution in [0.1, 0.15) is 28.8 Å². The molecular weight excluding hydrogens is 412 g/mol. The molecule has 0 saturated carbocycles. The van der Waals surface area contributed by atoms with Crippen molar-refractivity contribution in [1.29, 1.82) is 0 Å². The normalized spacial score (nSPS) is 16.2. The Kier molecular flexibility index (Phi) is 6.00. The van der Waals surface area contributed by atoms with Gasteiger partial charge in [0.15, 0.2) is 11.5 Å². The highest BCUT2D eigenvalue weighted by atomic mass is 16.5. The maximum atomic E-state index is 13.6. The van der Waals surface area contributed by atoms with Gasteiger partial charge in [0.2, 0.25) is 5.95 Å². The fraction of sp³-hybridized carbons (Fsp3) is 0.348. The number of piperidine rings is 1. The first kappa shape index (κ1) is 21.6. The van der Waals surface area contributed by atoms with Crippen molar-refractivity contribution < 1.29 is 19.4 Å². The second-order valence-electron chi connectivity index (χ2n) is 7.84. The van der Waals surface area contributed by atoms with E-state index in [4.69, 9.17) is 20.2 Å². The number of ether oxygens (including phenoxy) is 2. The molecule has 3 aromatic rings. The van der Waals surface area contributed by atoms with Crippen molar-refractivity contribution in [1.82, 2.24) is 9.55 Å². The number of carbonyl (C=O) groups is 1. The monoisotopic (exact) mass is 438 g/mol. The van der Waals surface area contributed by atoms with Gasteiger partial charge in [-0.05, 0) is 30.5 Å². The van der Waals surface area contributed by atoms with Crippen LogP contribution in [-0.4, -0.2) is 54.0 Å². The zero-order chi connectivity index (χ0) is 22.8. The van der Waals surface area contributed by atoms with Crippen molar-refractivity contribution in [3.8, 4) is 11.5 Å². The third-order valence-corrected chi connectivity index (χ3v) is 5.76. The van der Waals surface area contributed by atoms with Gasteiger partial charge in [0.25, 0.3) is 5.56 Å². The summed E-state index contributed by atoms with van der Waals surface area (Å²) in [4.78, 5) is 32.2. The van der Waals surface area contributed by atoms with E-state index in [2.05, 4.69) is 0 Å². The van der Waals surface area contributed by atoms with Crippen LogP contribution in [0.15, 0.2) is 41.2 Å². The lowest BCUT2D eigenvalue weighted by Gasteiger charge is -2.33. The van der Waals surface area contributed by atoms with Crippen molar-refractivity contribution in [3.05, 3.63) is 57.9 Å². The number of aromatic carboxylic acids is 1. The van der Waals surface area contributed by atoms with E-state index in [1.54, 1.807) is 30.3 Å². The van der Waals surface area contributed by atoms with Crippen molar-refractivity contribution >= 4 is 22.8 Å². The van der Waals surface area contributed by atoms with Crippen molar-refractivity contribution in [3.63, 3.8) is 0 Å². The second kappa shape index (κ2) is 8.88. The van der Waals surface area contributed by atoms with Gasteiger partial charge in [0, 0.05) is 25.2 Å². The van der Waals surface area contributed by atoms with Gasteiger partial charge in [-0.25, -0.2) is 9.78 Å². The molecular formula is C23H26N4O5. The van der Waals surface area contributed by atoms with Crippen LogP contribution in [0.3, 0.4) is 0 Å². The third kappa shape index (κ3) is 3.99. The van der Waals surface area contributed by atoms with Gasteiger partial charge in [-0.3, -0.25) is 9.36 Å². The summed E-state index contributed by atoms with van der Waals surface area (Å²) in [5.74, 6) is 0.312. The lowest BCUT2D eigenvalue weighted by molar-refractivity contribution is 0.0695. The Balaban J connectivity index is 1.94. The predicted octanol–water partition coefficient (Wildman–Crippen LogP) is 2.09. The van der Waals surface area contributed by atoms with Gasteiger partial charge in [-0.15, -0.1) is 0 Å². The molecule has 1 fully saturated rings. The molecule has 2 aromatic carbocycles. The van der Waals surface area contributed by atoms with Crippen LogP contribution in [0.4, 0.5) is 5.95 Å². The number of methoxy groups -OCH3 is 2. The van der Waals surface area contributed by atoms with Gasteiger partial charge < -0.3 is 25.2 Å². The smallest absolute Gasteiger partial charge is 0.336 e. The topological polar surface area (TPSA) is 120 Å². The summed E-state index contributed by atoms with van der Waals surface area (Å²) in [6.07, 6.45) is 1.79. The summed E-state index contributed by atoms with van der Waals surface area (Å²) in [6.45, 7) is 1.34. The summed E-state index contributed by atoms with van der Waals surface area (Å²) in [5, 5.41) is 9.96. The van der Waals surface area contributed by atoms with Gasteiger partial charge in [-0.2, -0.15) is 0 Å². The Morgan fingerprint density at radius 1 is 1.22 bits per heavy atom. The number of hydrogen-bond acceptors (Lipinski definition) is 7. The number of nitrogens with zero attached hydrogens (tertiary/aromatic N) is 3. The number of rotatable bonds is 6. The molecule has 0 amide bonds. The Bertz CT molecular complexity index is 1220. The first-order valence-corrected chi connectivity index (χ1v) is 10.4. The molecule has 3 N–H and O–H groups in total. The minimum atomic E-state index is -1.05. The third-order valence-electron chi connectivity index (χ3n) is 5.76. The molecule has 0 aliphatic carbocycles. The second-order valence-corrected chi connectivity index (χ2v) is 7.84. The zero-order valence-corrected chi connectivity index (χ0v) is 18.1. The first-order chi connectivity index (χ1) is 15.4. The maximum Gasteiger partial charge on any atom is 0.336 e. The molecule has 1 atom stereocenters. The van der Waals surface area contributed by atoms with E-state index in [9.17, 15) is 14.7 Å². The number of hydrogen-bond donors (Lipinski definition) is 2. The number of aromatic nitrogens is 2. The standard InChI is InChI=1S/C23H26N4O5/c1-31-19-10-17-18(11-20(19)32-2)25-23(26-9-5-7-15(24)13-26)27(21(17)28)12-14-6-3-4-8-16(14)22(29)30/h3-4,6,8,10-11,15H,5,7,9,12-13,24H2,1-2H3,(H,29,30)/t15-/m1/s1. The lowest BCUT2D eigenvalue weighted by Crippen LogP contribution is -2.45. The van der Waals surface area contributed by atoms with E-state index in [0.717, 1.165) is 12.8 Å². The van der Waals surface area contributed by atoms with Crippen molar-refractivity contribution in [2.45, 2.75) is 25.4 Å². The summed E-state index contributed by atoms with van der Waals surface area (Å²) in [7, 11) is 3.03. The fourth-order valence-corrected chi connectivity index (χ4v) is 4.15. The molecule has 1 aliphatic rings. The molecule has 9 nitrogen and oxygen atoms in total. The molecule has 0 radical (unpaired) electrons. The Labute approximate surface area is 185 Å². The number of nitrogens with two attached hydrogens (primary N) is 1. The van der Waals surface area contributed by atoms with Gasteiger partial charge in [0.1, 0.15) is 0 Å². The molecule has 1 saturated heterocycles. The van der Waals surface area contributed by atoms with Crippen LogP contribution in [0.25, 0.3) is 10.9 Å². The van der Waals surface area contributed by atoms with E-state index in [1.807, 2.05) is 4.90 Å². The number of benzene rings is 2. The lowest BCUT2D eigenvalue weighted by atomic mass is 10.1. The molecule has 9 heteroatoms. The highest BCUT2D eigenvalue weighted by Crippen LogP contribution is 2.31. The molecule has 0 unspecified atom stereocenters. The van der Waals surface area contributed by atoms with E-state index in [0.29, 0.717) is 47.0 Å². The quantitative estimate of drug-likeness (QED) is 0.600. The number of fused-ring (bicyclic) bond motifs is 1. The highest BCUT2D eigenvalue weighted by molar-refractivity contribution is 5.89. The zero-order valence-electron chi connectivity index (χ0n) is 18.1. The highest BCUT2D eigenvalue weighted by Gasteiger charge is 2.24. The van der Waals surface area contributed by atoms with Crippen molar-refractivity contribution in [2.75, 3.05) is 32.2 Å². The summed E-state index contributed by atoms with van der Waals surface area (Å²) >= 11 is 0. The van der Waals surface area contributed by atoms with Crippen LogP contribution in [-0.2, 0) is 6.54 Å². The Hall–Kier alpha value is -3.59. The minimum absolute atomic E-state index is 0.0264. The fourth-order valence-electron chi connectivity index (χ4n) is 4.15. The van der Waals surface area contributed by atoms with Gasteiger partial charge in [-0.1, -0.05) is 18.2 Å². The van der Waals surface area contributed by atoms with Gasteiger partial charge >= 0.3 is 5.97 Å². The Morgan fingerprint density at radius 2 is 1.94 bits per heavy atom. The molecule has 1 aromatic heterocycles. The maximum absolute atomic E-state index is 13.6. The van der Waals surface area contributed by atoms with Crippen LogP contribution in [0, 0.1) is 0 Å². The average molecular weight is 438 g/mol. The molecule has 0 bridgehead atoms. The number of carboxylic acids is 1. The number of anilines is 1. The SMILES string of the molecule is COc1cc2nc(N3CCC[C@@H](N)C3)n(Cc3ccccc3C(=O)O)c(=O)c2cc1OC. The van der Waals surface area contributed by atoms with E-state index in [1.165, 1.54) is 24.9 Å². The first-order valence-electron chi connectivity index (χ1n) is 10.4. The molecule has 4 rings (SSSR count). The average Bonchev–Trinajstić information content (AvgIpc) is 2.80. The van der Waals surface area contributed by atoms with Crippen molar-refractivity contribution in [2.24, 2.45) is 5.73 Å². The molecule has 1 aliphatic heterocycles. The van der Waals surface area contributed by atoms with Crippen LogP contribution in [0.2, 0.25) is 0 Å². The molecule has 168 valence electrons. The van der Waals surface area contributed by atoms with Crippen LogP contribution in [0.5, 0.6) is 11.5 Å². The summed E-state index contributed by atoms with van der Waals surface area (Å²) in [5.41, 5.74) is 7.05. The van der Waals surface area contributed by atoms with E-state index in [-0.39, 0.29) is 23.7 Å². The Morgan fingerprint density at radius 3 is 2.62 bits per heavy atom. The summed E-state index contributed by atoms with van der Waals surface area (Å²) in [6, 6.07) is 9.92. The van der Waals surface area contributed by atoms with E-state index >= 15 is 0 Å². The molecule has 32 heavy (non-hydrogen) atoms. The molecule has 0 spiro atoms. The largest absolute Gasteiger partial charge is 0.493 e. The molecule has 2 heterocycles. The van der Waals surface area contributed by atoms with Gasteiger partial charge in [0.05, 0.1) is 37.2 Å². The predicted molar refractivity (Wildman–Crippen MR) is 121 cm³/mol. The number of carboxylic acid groups (broad SMARTS) is 1. The summed E-state index contributed by atoms with van der Waals surface area (Å²) < 4.78 is 12.3. The minimum Gasteiger partial charge on any atom is -0.493 e. The van der Waals surface area contributed by atoms with E-state index < -0.39 is 5.97 Å². The van der Waals surface area contributed by atoms with Crippen LogP contribution >= 0.6 is 0 Å².